The van der Waals surface area contributed by atoms with E-state index >= 15 is 0 Å². The highest BCUT2D eigenvalue weighted by atomic mass is 16.3. The first-order valence-corrected chi connectivity index (χ1v) is 5.31. The maximum atomic E-state index is 11.6. The van der Waals surface area contributed by atoms with Gasteiger partial charge in [0.2, 0.25) is 0 Å². The Morgan fingerprint density at radius 3 is 1.67 bits per heavy atom. The second kappa shape index (κ2) is 7.23. The van der Waals surface area contributed by atoms with Crippen molar-refractivity contribution in [2.75, 3.05) is 32.8 Å². The van der Waals surface area contributed by atoms with Crippen molar-refractivity contribution in [3.63, 3.8) is 0 Å². The molecule has 0 fully saturated rings. The van der Waals surface area contributed by atoms with Crippen LogP contribution in [-0.4, -0.2) is 59.5 Å². The van der Waals surface area contributed by atoms with Crippen molar-refractivity contribution in [1.29, 1.82) is 0 Å². The van der Waals surface area contributed by atoms with Gasteiger partial charge in [-0.3, -0.25) is 9.59 Å². The summed E-state index contributed by atoms with van der Waals surface area (Å²) in [4.78, 5) is 26.1. The molecule has 0 saturated heterocycles. The van der Waals surface area contributed by atoms with Crippen molar-refractivity contribution in [1.82, 2.24) is 9.80 Å². The zero-order valence-electron chi connectivity index (χ0n) is 9.69. The van der Waals surface area contributed by atoms with E-state index in [1.807, 2.05) is 13.8 Å². The third-order valence-corrected chi connectivity index (χ3v) is 2.27. The molecule has 0 unspecified atom stereocenters. The molecule has 5 heteroatoms. The molecule has 0 aromatic heterocycles. The fraction of sp³-hybridized carbons (Fsp3) is 0.800. The molecule has 1 N–H and O–H groups in total. The van der Waals surface area contributed by atoms with Crippen LogP contribution in [0.3, 0.4) is 0 Å². The molecular weight excluding hydrogens is 196 g/mol. The highest BCUT2D eigenvalue weighted by Gasteiger charge is 2.23. The Balaban J connectivity index is 4.45. The maximum Gasteiger partial charge on any atom is 0.312 e. The highest BCUT2D eigenvalue weighted by molar-refractivity contribution is 6.34. The van der Waals surface area contributed by atoms with Crippen LogP contribution in [0.4, 0.5) is 0 Å². The lowest BCUT2D eigenvalue weighted by molar-refractivity contribution is -0.151. The Morgan fingerprint density at radius 2 is 1.33 bits per heavy atom. The van der Waals surface area contributed by atoms with E-state index in [4.69, 9.17) is 5.11 Å². The number of carbonyl (C=O) groups is 2. The monoisotopic (exact) mass is 216 g/mol. The summed E-state index contributed by atoms with van der Waals surface area (Å²) >= 11 is 0. The predicted molar refractivity (Wildman–Crippen MR) is 57.3 cm³/mol. The Bertz CT molecular complexity index is 215. The van der Waals surface area contributed by atoms with Crippen LogP contribution >= 0.6 is 0 Å². The van der Waals surface area contributed by atoms with Crippen LogP contribution < -0.4 is 0 Å². The smallest absolute Gasteiger partial charge is 0.312 e. The van der Waals surface area contributed by atoms with Crippen molar-refractivity contribution in [3.05, 3.63) is 0 Å². The number of aliphatic hydroxyl groups excluding tert-OH is 1. The third kappa shape index (κ3) is 3.87. The lowest BCUT2D eigenvalue weighted by Crippen LogP contribution is -2.46. The van der Waals surface area contributed by atoms with Gasteiger partial charge >= 0.3 is 11.8 Å². The summed E-state index contributed by atoms with van der Waals surface area (Å²) in [5.74, 6) is -1.02. The molecule has 88 valence electrons. The van der Waals surface area contributed by atoms with Crippen molar-refractivity contribution in [2.45, 2.75) is 20.8 Å². The average Bonchev–Trinajstić information content (AvgIpc) is 2.26. The van der Waals surface area contributed by atoms with Gasteiger partial charge < -0.3 is 14.9 Å². The van der Waals surface area contributed by atoms with Crippen LogP contribution in [0.2, 0.25) is 0 Å². The van der Waals surface area contributed by atoms with E-state index in [1.165, 1.54) is 9.80 Å². The quantitative estimate of drug-likeness (QED) is 0.642. The molecule has 0 saturated carbocycles. The van der Waals surface area contributed by atoms with Crippen LogP contribution in [0, 0.1) is 0 Å². The van der Waals surface area contributed by atoms with Crippen LogP contribution in [0.15, 0.2) is 0 Å². The summed E-state index contributed by atoms with van der Waals surface area (Å²) in [6.07, 6.45) is 0. The molecule has 0 bridgehead atoms. The van der Waals surface area contributed by atoms with Gasteiger partial charge in [0.1, 0.15) is 0 Å². The van der Waals surface area contributed by atoms with Crippen LogP contribution in [-0.2, 0) is 9.59 Å². The second-order valence-electron chi connectivity index (χ2n) is 3.09. The van der Waals surface area contributed by atoms with Gasteiger partial charge in [-0.25, -0.2) is 0 Å². The fourth-order valence-electron chi connectivity index (χ4n) is 1.31. The molecule has 2 amide bonds. The molecular formula is C10H20N2O3. The zero-order chi connectivity index (χ0) is 11.8. The van der Waals surface area contributed by atoms with Gasteiger partial charge in [-0.15, -0.1) is 0 Å². The van der Waals surface area contributed by atoms with E-state index in [0.29, 0.717) is 19.6 Å². The van der Waals surface area contributed by atoms with Crippen molar-refractivity contribution >= 4 is 11.8 Å². The summed E-state index contributed by atoms with van der Waals surface area (Å²) < 4.78 is 0. The van der Waals surface area contributed by atoms with Gasteiger partial charge in [0.15, 0.2) is 0 Å². The molecule has 0 spiro atoms. The average molecular weight is 216 g/mol. The lowest BCUT2D eigenvalue weighted by atomic mass is 10.3. The molecule has 0 atom stereocenters. The van der Waals surface area contributed by atoms with E-state index in [0.717, 1.165) is 0 Å². The van der Waals surface area contributed by atoms with E-state index < -0.39 is 11.8 Å². The van der Waals surface area contributed by atoms with Crippen molar-refractivity contribution in [3.8, 4) is 0 Å². The van der Waals surface area contributed by atoms with Gasteiger partial charge in [0, 0.05) is 26.2 Å². The van der Waals surface area contributed by atoms with Gasteiger partial charge in [-0.1, -0.05) is 0 Å². The predicted octanol–water partition coefficient (Wildman–Crippen LogP) is -0.304. The molecule has 0 heterocycles. The van der Waals surface area contributed by atoms with Gasteiger partial charge in [0.25, 0.3) is 0 Å². The number of aliphatic hydroxyl groups is 1. The molecule has 15 heavy (non-hydrogen) atoms. The zero-order valence-corrected chi connectivity index (χ0v) is 9.69. The third-order valence-electron chi connectivity index (χ3n) is 2.27. The molecule has 0 aliphatic rings. The molecule has 0 radical (unpaired) electrons. The number of rotatable bonds is 5. The minimum absolute atomic E-state index is 0.120. The van der Waals surface area contributed by atoms with E-state index in [9.17, 15) is 9.59 Å². The van der Waals surface area contributed by atoms with Gasteiger partial charge in [-0.2, -0.15) is 0 Å². The molecule has 0 rings (SSSR count). The summed E-state index contributed by atoms with van der Waals surface area (Å²) in [5, 5.41) is 8.73. The Morgan fingerprint density at radius 1 is 0.933 bits per heavy atom. The SMILES string of the molecule is CCN(CC)C(=O)C(=O)N(CC)CCO. The maximum absolute atomic E-state index is 11.6. The summed E-state index contributed by atoms with van der Waals surface area (Å²) in [6.45, 7) is 7.02. The van der Waals surface area contributed by atoms with Crippen molar-refractivity contribution < 1.29 is 14.7 Å². The first kappa shape index (κ1) is 13.9. The molecule has 0 aliphatic heterocycles. The van der Waals surface area contributed by atoms with Crippen molar-refractivity contribution in [2.24, 2.45) is 0 Å². The number of likely N-dealkylation sites (N-methyl/N-ethyl adjacent to an activating group) is 2. The Labute approximate surface area is 90.7 Å². The fourth-order valence-corrected chi connectivity index (χ4v) is 1.31. The van der Waals surface area contributed by atoms with Crippen LogP contribution in [0.5, 0.6) is 0 Å². The van der Waals surface area contributed by atoms with Gasteiger partial charge in [0.05, 0.1) is 6.61 Å². The molecule has 5 nitrogen and oxygen atoms in total. The summed E-state index contributed by atoms with van der Waals surface area (Å²) in [6, 6.07) is 0. The lowest BCUT2D eigenvalue weighted by Gasteiger charge is -2.23. The minimum atomic E-state index is -0.532. The largest absolute Gasteiger partial charge is 0.395 e. The number of nitrogens with zero attached hydrogens (tertiary/aromatic N) is 2. The first-order valence-electron chi connectivity index (χ1n) is 5.31. The standard InChI is InChI=1S/C10H20N2O3/c1-4-11(5-2)9(14)10(15)12(6-3)7-8-13/h13H,4-8H2,1-3H3. The van der Waals surface area contributed by atoms with Gasteiger partial charge in [-0.05, 0) is 20.8 Å². The summed E-state index contributed by atoms with van der Waals surface area (Å²) in [7, 11) is 0. The van der Waals surface area contributed by atoms with Crippen LogP contribution in [0.1, 0.15) is 20.8 Å². The minimum Gasteiger partial charge on any atom is -0.395 e. The van der Waals surface area contributed by atoms with E-state index in [1.54, 1.807) is 6.92 Å². The Kier molecular flexibility index (Phi) is 6.70. The number of carbonyl (C=O) groups excluding carboxylic acids is 2. The highest BCUT2D eigenvalue weighted by Crippen LogP contribution is 1.96. The first-order chi connectivity index (χ1) is 7.12. The molecule has 0 aliphatic carbocycles. The summed E-state index contributed by atoms with van der Waals surface area (Å²) in [5.41, 5.74) is 0. The Hall–Kier alpha value is -1.10. The number of hydrogen-bond acceptors (Lipinski definition) is 3. The molecule has 0 aromatic rings. The molecule has 0 aromatic carbocycles. The van der Waals surface area contributed by atoms with E-state index in [-0.39, 0.29) is 13.2 Å². The second-order valence-corrected chi connectivity index (χ2v) is 3.09. The van der Waals surface area contributed by atoms with Crippen LogP contribution in [0.25, 0.3) is 0 Å². The topological polar surface area (TPSA) is 60.9 Å². The number of amides is 2. The number of hydrogen-bond donors (Lipinski definition) is 1. The van der Waals surface area contributed by atoms with E-state index in [2.05, 4.69) is 0 Å². The normalized spacial score (nSPS) is 9.87.